The van der Waals surface area contributed by atoms with E-state index in [1.165, 1.54) is 47.4 Å². The van der Waals surface area contributed by atoms with Crippen molar-refractivity contribution in [2.45, 2.75) is 19.8 Å². The second-order valence-corrected chi connectivity index (χ2v) is 7.55. The quantitative estimate of drug-likeness (QED) is 0.335. The lowest BCUT2D eigenvalue weighted by atomic mass is 10.1. The predicted molar refractivity (Wildman–Crippen MR) is 120 cm³/mol. The molecule has 0 spiro atoms. The summed E-state index contributed by atoms with van der Waals surface area (Å²) in [7, 11) is 0. The van der Waals surface area contributed by atoms with Crippen molar-refractivity contribution in [1.29, 1.82) is 0 Å². The van der Waals surface area contributed by atoms with Crippen molar-refractivity contribution >= 4 is 40.8 Å². The monoisotopic (exact) mass is 469 g/mol. The first-order valence-electron chi connectivity index (χ1n) is 10.6. The summed E-state index contributed by atoms with van der Waals surface area (Å²) in [6.07, 6.45) is 0.583. The Bertz CT molecular complexity index is 1100. The number of non-ortho nitro benzene ring substituents is 1. The maximum atomic E-state index is 12.4. The summed E-state index contributed by atoms with van der Waals surface area (Å²) < 4.78 is 10.1. The summed E-state index contributed by atoms with van der Waals surface area (Å²) in [5.41, 5.74) is 0.895. The van der Waals surface area contributed by atoms with Gasteiger partial charge >= 0.3 is 11.9 Å². The minimum atomic E-state index is -0.798. The number of rotatable bonds is 9. The average Bonchev–Trinajstić information content (AvgIpc) is 3.23. The first-order chi connectivity index (χ1) is 16.3. The topological polar surface area (TPSA) is 145 Å². The summed E-state index contributed by atoms with van der Waals surface area (Å²) in [6, 6.07) is 11.6. The number of nitro benzene ring substituents is 1. The van der Waals surface area contributed by atoms with Crippen LogP contribution in [0.25, 0.3) is 0 Å². The number of nitrogens with zero attached hydrogens (tertiary/aromatic N) is 2. The van der Waals surface area contributed by atoms with Crippen molar-refractivity contribution in [1.82, 2.24) is 0 Å². The molecular weight excluding hydrogens is 446 g/mol. The highest BCUT2D eigenvalue weighted by atomic mass is 16.6. The molecule has 0 aliphatic carbocycles. The molecule has 34 heavy (non-hydrogen) atoms. The van der Waals surface area contributed by atoms with Crippen LogP contribution in [0.15, 0.2) is 48.5 Å². The summed E-state index contributed by atoms with van der Waals surface area (Å²) >= 11 is 0. The third-order valence-corrected chi connectivity index (χ3v) is 5.00. The second-order valence-electron chi connectivity index (χ2n) is 7.55. The maximum absolute atomic E-state index is 12.4. The van der Waals surface area contributed by atoms with Gasteiger partial charge in [0.15, 0.2) is 6.61 Å². The van der Waals surface area contributed by atoms with E-state index in [1.54, 1.807) is 6.07 Å². The van der Waals surface area contributed by atoms with Crippen LogP contribution in [0.4, 0.5) is 17.1 Å². The Balaban J connectivity index is 1.49. The molecule has 11 heteroatoms. The van der Waals surface area contributed by atoms with Crippen molar-refractivity contribution in [2.24, 2.45) is 5.92 Å². The van der Waals surface area contributed by atoms with Crippen LogP contribution in [-0.4, -0.2) is 48.4 Å². The van der Waals surface area contributed by atoms with Gasteiger partial charge in [0.05, 0.1) is 28.7 Å². The lowest BCUT2D eigenvalue weighted by Crippen LogP contribution is -2.28. The van der Waals surface area contributed by atoms with Crippen LogP contribution in [0.5, 0.6) is 0 Å². The molecule has 178 valence electrons. The molecule has 0 saturated carbocycles. The van der Waals surface area contributed by atoms with Crippen LogP contribution in [0.3, 0.4) is 0 Å². The molecule has 2 amide bonds. The number of carbonyl (C=O) groups is 4. The number of anilines is 2. The minimum absolute atomic E-state index is 0.00392. The zero-order valence-corrected chi connectivity index (χ0v) is 18.4. The molecule has 2 aromatic rings. The molecule has 0 radical (unpaired) electrons. The van der Waals surface area contributed by atoms with Gasteiger partial charge in [0, 0.05) is 30.8 Å². The van der Waals surface area contributed by atoms with E-state index in [2.05, 4.69) is 5.32 Å². The first kappa shape index (κ1) is 24.4. The third-order valence-electron chi connectivity index (χ3n) is 5.00. The van der Waals surface area contributed by atoms with E-state index in [1.807, 2.05) is 6.92 Å². The Hall–Kier alpha value is -4.28. The van der Waals surface area contributed by atoms with Crippen LogP contribution in [0.1, 0.15) is 30.1 Å². The van der Waals surface area contributed by atoms with E-state index >= 15 is 0 Å². The lowest BCUT2D eigenvalue weighted by molar-refractivity contribution is -0.384. The predicted octanol–water partition coefficient (Wildman–Crippen LogP) is 2.70. The molecule has 2 aromatic carbocycles. The van der Waals surface area contributed by atoms with E-state index in [0.29, 0.717) is 30.0 Å². The number of carbonyl (C=O) groups excluding carboxylic acids is 4. The Kier molecular flexibility index (Phi) is 7.91. The number of nitro groups is 1. The van der Waals surface area contributed by atoms with Crippen LogP contribution in [-0.2, 0) is 23.9 Å². The van der Waals surface area contributed by atoms with Gasteiger partial charge in [-0.05, 0) is 36.8 Å². The van der Waals surface area contributed by atoms with E-state index in [4.69, 9.17) is 9.47 Å². The first-order valence-corrected chi connectivity index (χ1v) is 10.6. The van der Waals surface area contributed by atoms with Crippen LogP contribution < -0.4 is 10.2 Å². The smallest absolute Gasteiger partial charge is 0.338 e. The molecule has 1 fully saturated rings. The summed E-state index contributed by atoms with van der Waals surface area (Å²) in [5, 5.41) is 13.5. The molecule has 1 atom stereocenters. The van der Waals surface area contributed by atoms with Gasteiger partial charge in [-0.3, -0.25) is 24.5 Å². The van der Waals surface area contributed by atoms with Crippen LogP contribution in [0.2, 0.25) is 0 Å². The molecule has 1 heterocycles. The fraction of sp³-hybridized carbons (Fsp3) is 0.304. The van der Waals surface area contributed by atoms with Crippen LogP contribution >= 0.6 is 0 Å². The van der Waals surface area contributed by atoms with Gasteiger partial charge < -0.3 is 19.7 Å². The number of benzene rings is 2. The van der Waals surface area contributed by atoms with Gasteiger partial charge in [0.2, 0.25) is 5.91 Å². The lowest BCUT2D eigenvalue weighted by Gasteiger charge is -2.16. The van der Waals surface area contributed by atoms with E-state index in [-0.39, 0.29) is 24.6 Å². The zero-order valence-electron chi connectivity index (χ0n) is 18.4. The normalized spacial score (nSPS) is 15.0. The SMILES string of the molecule is CCCOC(=O)c1ccc(NC(=O)COC(=O)C2CC(=O)N(c3cccc([N+](=O)[O-])c3)C2)cc1. The fourth-order valence-electron chi connectivity index (χ4n) is 3.31. The summed E-state index contributed by atoms with van der Waals surface area (Å²) in [4.78, 5) is 60.3. The van der Waals surface area contributed by atoms with Gasteiger partial charge in [-0.1, -0.05) is 13.0 Å². The summed E-state index contributed by atoms with van der Waals surface area (Å²) in [6.45, 7) is 1.64. The molecule has 0 bridgehead atoms. The Morgan fingerprint density at radius 3 is 2.56 bits per heavy atom. The van der Waals surface area contributed by atoms with E-state index in [9.17, 15) is 29.3 Å². The maximum Gasteiger partial charge on any atom is 0.338 e. The molecule has 11 nitrogen and oxygen atoms in total. The fourth-order valence-corrected chi connectivity index (χ4v) is 3.31. The van der Waals surface area contributed by atoms with Crippen molar-refractivity contribution in [2.75, 3.05) is 30.0 Å². The van der Waals surface area contributed by atoms with Crippen LogP contribution in [0, 0.1) is 16.0 Å². The average molecular weight is 469 g/mol. The molecule has 1 N–H and O–H groups in total. The minimum Gasteiger partial charge on any atom is -0.462 e. The van der Waals surface area contributed by atoms with Gasteiger partial charge in [0.25, 0.3) is 11.6 Å². The Morgan fingerprint density at radius 1 is 1.15 bits per heavy atom. The van der Waals surface area contributed by atoms with Crippen molar-refractivity contribution in [3.05, 3.63) is 64.2 Å². The number of hydrogen-bond acceptors (Lipinski definition) is 8. The standard InChI is InChI=1S/C23H23N3O8/c1-2-10-33-22(29)15-6-8-17(9-7-15)24-20(27)14-34-23(30)16-11-21(28)25(13-16)18-4-3-5-19(12-18)26(31)32/h3-9,12,16H,2,10-11,13-14H2,1H3,(H,24,27). The number of nitrogens with one attached hydrogen (secondary N) is 1. The molecule has 0 aromatic heterocycles. The second kappa shape index (κ2) is 11.0. The van der Waals surface area contributed by atoms with Crippen molar-refractivity contribution in [3.8, 4) is 0 Å². The molecule has 1 aliphatic heterocycles. The number of ether oxygens (including phenoxy) is 2. The largest absolute Gasteiger partial charge is 0.462 e. The Labute approximate surface area is 194 Å². The van der Waals surface area contributed by atoms with Gasteiger partial charge in [-0.15, -0.1) is 0 Å². The van der Waals surface area contributed by atoms with E-state index in [0.717, 1.165) is 0 Å². The van der Waals surface area contributed by atoms with Gasteiger partial charge in [-0.2, -0.15) is 0 Å². The molecule has 1 aliphatic rings. The Morgan fingerprint density at radius 2 is 1.88 bits per heavy atom. The molecule has 3 rings (SSSR count). The molecular formula is C23H23N3O8. The number of amides is 2. The van der Waals surface area contributed by atoms with Crippen molar-refractivity contribution in [3.63, 3.8) is 0 Å². The van der Waals surface area contributed by atoms with E-state index < -0.39 is 35.3 Å². The molecule has 1 unspecified atom stereocenters. The van der Waals surface area contributed by atoms with Gasteiger partial charge in [-0.25, -0.2) is 4.79 Å². The van der Waals surface area contributed by atoms with Gasteiger partial charge in [0.1, 0.15) is 0 Å². The number of hydrogen-bond donors (Lipinski definition) is 1. The highest BCUT2D eigenvalue weighted by Gasteiger charge is 2.36. The highest BCUT2D eigenvalue weighted by molar-refractivity contribution is 6.00. The molecule has 1 saturated heterocycles. The number of esters is 2. The highest BCUT2D eigenvalue weighted by Crippen LogP contribution is 2.28. The summed E-state index contributed by atoms with van der Waals surface area (Å²) in [5.74, 6) is -2.93. The third kappa shape index (κ3) is 6.15. The van der Waals surface area contributed by atoms with Crippen molar-refractivity contribution < 1.29 is 33.6 Å². The zero-order chi connectivity index (χ0) is 24.7.